The van der Waals surface area contributed by atoms with Gasteiger partial charge in [0.15, 0.2) is 0 Å². The van der Waals surface area contributed by atoms with Gasteiger partial charge >= 0.3 is 5.97 Å². The number of aryl methyl sites for hydroxylation is 1. The molecule has 0 spiro atoms. The number of ketones is 1. The van der Waals surface area contributed by atoms with Crippen molar-refractivity contribution in [3.05, 3.63) is 51.4 Å². The van der Waals surface area contributed by atoms with E-state index in [1.54, 1.807) is 0 Å². The Kier molecular flexibility index (Phi) is 5.06. The van der Waals surface area contributed by atoms with Crippen LogP contribution in [-0.2, 0) is 19.1 Å². The van der Waals surface area contributed by atoms with E-state index < -0.39 is 5.97 Å². The number of hydrogen-bond donors (Lipinski definition) is 0. The summed E-state index contributed by atoms with van der Waals surface area (Å²) in [6, 6.07) is 7.87. The van der Waals surface area contributed by atoms with Gasteiger partial charge in [-0.3, -0.25) is 4.79 Å². The second-order valence-electron chi connectivity index (χ2n) is 5.61. The molecule has 6 heteroatoms. The van der Waals surface area contributed by atoms with Crippen LogP contribution in [-0.4, -0.2) is 50.1 Å². The number of morpholine rings is 1. The fraction of sp³-hybridized carbons (Fsp3) is 0.333. The SMILES string of the molecule is COC(=O)/C=C1\SC(N2CCOCC2)=C(c2ccc(C)cc2)C1=O. The van der Waals surface area contributed by atoms with Gasteiger partial charge in [0.25, 0.3) is 0 Å². The normalized spacial score (nSPS) is 20.0. The van der Waals surface area contributed by atoms with Crippen molar-refractivity contribution >= 4 is 29.1 Å². The van der Waals surface area contributed by atoms with Gasteiger partial charge in [-0.1, -0.05) is 41.6 Å². The number of ether oxygens (including phenoxy) is 2. The van der Waals surface area contributed by atoms with Crippen molar-refractivity contribution < 1.29 is 19.1 Å². The van der Waals surface area contributed by atoms with Gasteiger partial charge in [-0.05, 0) is 12.5 Å². The molecule has 1 saturated heterocycles. The standard InChI is InChI=1S/C18H19NO4S/c1-12-3-5-13(6-4-12)16-17(21)14(11-15(20)22-2)24-18(16)19-7-9-23-10-8-19/h3-6,11H,7-10H2,1-2H3/b14-11-. The number of methoxy groups -OCH3 is 1. The Morgan fingerprint density at radius 2 is 1.92 bits per heavy atom. The predicted molar refractivity (Wildman–Crippen MR) is 93.2 cm³/mol. The van der Waals surface area contributed by atoms with E-state index in [0.29, 0.717) is 23.7 Å². The van der Waals surface area contributed by atoms with Gasteiger partial charge in [0.05, 0.1) is 35.8 Å². The summed E-state index contributed by atoms with van der Waals surface area (Å²) in [4.78, 5) is 27.0. The lowest BCUT2D eigenvalue weighted by atomic mass is 10.0. The molecule has 0 amide bonds. The zero-order valence-corrected chi connectivity index (χ0v) is 14.5. The molecule has 0 aliphatic carbocycles. The molecule has 24 heavy (non-hydrogen) atoms. The maximum Gasteiger partial charge on any atom is 0.331 e. The molecule has 1 aromatic carbocycles. The fourth-order valence-electron chi connectivity index (χ4n) is 2.65. The van der Waals surface area contributed by atoms with E-state index in [9.17, 15) is 9.59 Å². The summed E-state index contributed by atoms with van der Waals surface area (Å²) in [6.07, 6.45) is 1.27. The van der Waals surface area contributed by atoms with Crippen LogP contribution in [0.3, 0.4) is 0 Å². The van der Waals surface area contributed by atoms with Crippen LogP contribution in [0.1, 0.15) is 11.1 Å². The van der Waals surface area contributed by atoms with Gasteiger partial charge in [0.1, 0.15) is 0 Å². The van der Waals surface area contributed by atoms with E-state index in [4.69, 9.17) is 4.74 Å². The Labute approximate surface area is 145 Å². The van der Waals surface area contributed by atoms with Crippen molar-refractivity contribution in [3.63, 3.8) is 0 Å². The average Bonchev–Trinajstić information content (AvgIpc) is 2.93. The van der Waals surface area contributed by atoms with E-state index >= 15 is 0 Å². The first-order valence-corrected chi connectivity index (χ1v) is 8.58. The number of Topliss-reactive ketones (excluding diaryl/α,β-unsaturated/α-hetero) is 1. The van der Waals surface area contributed by atoms with E-state index in [0.717, 1.165) is 29.2 Å². The summed E-state index contributed by atoms with van der Waals surface area (Å²) < 4.78 is 10.1. The summed E-state index contributed by atoms with van der Waals surface area (Å²) in [6.45, 7) is 4.74. The lowest BCUT2D eigenvalue weighted by molar-refractivity contribution is -0.135. The molecule has 1 aromatic rings. The molecule has 2 aliphatic heterocycles. The van der Waals surface area contributed by atoms with Crippen LogP contribution >= 0.6 is 11.8 Å². The molecule has 0 radical (unpaired) electrons. The molecule has 3 rings (SSSR count). The molecule has 2 aliphatic rings. The third kappa shape index (κ3) is 3.39. The summed E-state index contributed by atoms with van der Waals surface area (Å²) in [5, 5.41) is 0.891. The smallest absolute Gasteiger partial charge is 0.331 e. The Balaban J connectivity index is 2.02. The zero-order valence-electron chi connectivity index (χ0n) is 13.7. The average molecular weight is 345 g/mol. The molecule has 0 N–H and O–H groups in total. The summed E-state index contributed by atoms with van der Waals surface area (Å²) in [5.74, 6) is -0.645. The molecule has 126 valence electrons. The van der Waals surface area contributed by atoms with Crippen LogP contribution in [0, 0.1) is 6.92 Å². The Bertz CT molecular complexity index is 715. The molecule has 0 unspecified atom stereocenters. The van der Waals surface area contributed by atoms with E-state index in [2.05, 4.69) is 9.64 Å². The molecule has 0 aromatic heterocycles. The molecular formula is C18H19NO4S. The molecule has 0 bridgehead atoms. The second kappa shape index (κ2) is 7.23. The van der Waals surface area contributed by atoms with E-state index in [1.807, 2.05) is 31.2 Å². The number of hydrogen-bond acceptors (Lipinski definition) is 6. The Hall–Kier alpha value is -2.05. The maximum atomic E-state index is 12.9. The first-order valence-electron chi connectivity index (χ1n) is 7.76. The van der Waals surface area contributed by atoms with Gasteiger partial charge in [-0.25, -0.2) is 4.79 Å². The van der Waals surface area contributed by atoms with Crippen LogP contribution in [0.15, 0.2) is 40.3 Å². The predicted octanol–water partition coefficient (Wildman–Crippen LogP) is 2.37. The number of benzene rings is 1. The van der Waals surface area contributed by atoms with Crippen LogP contribution in [0.4, 0.5) is 0 Å². The fourth-order valence-corrected chi connectivity index (χ4v) is 3.83. The first-order chi connectivity index (χ1) is 11.6. The molecule has 0 atom stereocenters. The summed E-state index contributed by atoms with van der Waals surface area (Å²) >= 11 is 1.34. The minimum atomic E-state index is -0.516. The molecular weight excluding hydrogens is 326 g/mol. The lowest BCUT2D eigenvalue weighted by Crippen LogP contribution is -2.34. The minimum Gasteiger partial charge on any atom is -0.466 e. The van der Waals surface area contributed by atoms with E-state index in [1.165, 1.54) is 24.9 Å². The van der Waals surface area contributed by atoms with Gasteiger partial charge in [0.2, 0.25) is 5.78 Å². The minimum absolute atomic E-state index is 0.129. The molecule has 5 nitrogen and oxygen atoms in total. The largest absolute Gasteiger partial charge is 0.466 e. The quantitative estimate of drug-likeness (QED) is 0.619. The van der Waals surface area contributed by atoms with Crippen molar-refractivity contribution in [2.45, 2.75) is 6.92 Å². The van der Waals surface area contributed by atoms with Gasteiger partial charge in [-0.15, -0.1) is 0 Å². The molecule has 1 fully saturated rings. The Morgan fingerprint density at radius 3 is 2.54 bits per heavy atom. The van der Waals surface area contributed by atoms with Crippen LogP contribution in [0.25, 0.3) is 5.57 Å². The maximum absolute atomic E-state index is 12.9. The van der Waals surface area contributed by atoms with Gasteiger partial charge in [-0.2, -0.15) is 0 Å². The van der Waals surface area contributed by atoms with Crippen molar-refractivity contribution in [1.29, 1.82) is 0 Å². The van der Waals surface area contributed by atoms with Crippen LogP contribution in [0.2, 0.25) is 0 Å². The Morgan fingerprint density at radius 1 is 1.25 bits per heavy atom. The van der Waals surface area contributed by atoms with Gasteiger partial charge < -0.3 is 14.4 Å². The number of allylic oxidation sites excluding steroid dienone is 2. The van der Waals surface area contributed by atoms with Crippen molar-refractivity contribution in [1.82, 2.24) is 4.90 Å². The third-order valence-corrected chi connectivity index (χ3v) is 5.14. The highest BCUT2D eigenvalue weighted by Crippen LogP contribution is 2.44. The first kappa shape index (κ1) is 16.8. The number of carbonyl (C=O) groups is 2. The number of thioether (sulfide) groups is 1. The van der Waals surface area contributed by atoms with E-state index in [-0.39, 0.29) is 5.78 Å². The van der Waals surface area contributed by atoms with Crippen molar-refractivity contribution in [2.24, 2.45) is 0 Å². The number of esters is 1. The second-order valence-corrected chi connectivity index (χ2v) is 6.64. The molecule has 2 heterocycles. The van der Waals surface area contributed by atoms with Crippen LogP contribution in [0.5, 0.6) is 0 Å². The highest BCUT2D eigenvalue weighted by atomic mass is 32.2. The number of rotatable bonds is 3. The monoisotopic (exact) mass is 345 g/mol. The van der Waals surface area contributed by atoms with Gasteiger partial charge in [0, 0.05) is 19.2 Å². The summed E-state index contributed by atoms with van der Waals surface area (Å²) in [7, 11) is 1.31. The highest BCUT2D eigenvalue weighted by Gasteiger charge is 2.34. The topological polar surface area (TPSA) is 55.8 Å². The number of nitrogens with zero attached hydrogens (tertiary/aromatic N) is 1. The third-order valence-electron chi connectivity index (χ3n) is 3.96. The molecule has 0 saturated carbocycles. The number of carbonyl (C=O) groups excluding carboxylic acids is 2. The zero-order chi connectivity index (χ0) is 17.1. The van der Waals surface area contributed by atoms with Crippen molar-refractivity contribution in [2.75, 3.05) is 33.4 Å². The lowest BCUT2D eigenvalue weighted by Gasteiger charge is -2.29. The summed E-state index contributed by atoms with van der Waals surface area (Å²) in [5.41, 5.74) is 2.65. The highest BCUT2D eigenvalue weighted by molar-refractivity contribution is 8.08. The van der Waals surface area contributed by atoms with Crippen LogP contribution < -0.4 is 0 Å². The van der Waals surface area contributed by atoms with Crippen molar-refractivity contribution in [3.8, 4) is 0 Å².